The predicted molar refractivity (Wildman–Crippen MR) is 78.6 cm³/mol. The van der Waals surface area contributed by atoms with Crippen molar-refractivity contribution >= 4 is 0 Å². The fraction of sp³-hybridized carbons (Fsp3) is 0.294. The highest BCUT2D eigenvalue weighted by Crippen LogP contribution is 2.27. The van der Waals surface area contributed by atoms with Crippen LogP contribution in [0.2, 0.25) is 0 Å². The summed E-state index contributed by atoms with van der Waals surface area (Å²) < 4.78 is 0. The minimum atomic E-state index is -0.278. The normalized spacial score (nSPS) is 11.6. The number of hydrogen-bond acceptors (Lipinski definition) is 1. The number of hydrogen-bond donors (Lipinski definition) is 1. The van der Waals surface area contributed by atoms with E-state index >= 15 is 0 Å². The third-order valence-corrected chi connectivity index (χ3v) is 3.54. The van der Waals surface area contributed by atoms with E-state index in [1.165, 1.54) is 22.3 Å². The SMILES string of the molecule is Cc1cccc(-c2ccc(C(C)(C)N)cc2)c1C. The van der Waals surface area contributed by atoms with Crippen molar-refractivity contribution in [2.24, 2.45) is 5.73 Å². The summed E-state index contributed by atoms with van der Waals surface area (Å²) >= 11 is 0. The molecule has 0 aromatic heterocycles. The molecule has 0 saturated heterocycles. The van der Waals surface area contributed by atoms with Crippen LogP contribution < -0.4 is 5.73 Å². The average molecular weight is 239 g/mol. The Morgan fingerprint density at radius 3 is 2.06 bits per heavy atom. The Hall–Kier alpha value is -1.60. The first-order chi connectivity index (χ1) is 8.39. The largest absolute Gasteiger partial charge is 0.322 e. The highest BCUT2D eigenvalue weighted by molar-refractivity contribution is 5.68. The highest BCUT2D eigenvalue weighted by atomic mass is 14.7. The van der Waals surface area contributed by atoms with E-state index in [1.807, 2.05) is 13.8 Å². The topological polar surface area (TPSA) is 26.0 Å². The molecule has 0 aliphatic rings. The highest BCUT2D eigenvalue weighted by Gasteiger charge is 2.13. The van der Waals surface area contributed by atoms with E-state index in [0.717, 1.165) is 5.56 Å². The summed E-state index contributed by atoms with van der Waals surface area (Å²) in [6.45, 7) is 8.38. The first-order valence-electron chi connectivity index (χ1n) is 6.35. The van der Waals surface area contributed by atoms with Crippen molar-refractivity contribution in [1.82, 2.24) is 0 Å². The van der Waals surface area contributed by atoms with E-state index in [-0.39, 0.29) is 5.54 Å². The lowest BCUT2D eigenvalue weighted by molar-refractivity contribution is 0.554. The van der Waals surface area contributed by atoms with Gasteiger partial charge in [-0.05, 0) is 55.5 Å². The van der Waals surface area contributed by atoms with Gasteiger partial charge in [0.25, 0.3) is 0 Å². The van der Waals surface area contributed by atoms with Crippen molar-refractivity contribution in [1.29, 1.82) is 0 Å². The lowest BCUT2D eigenvalue weighted by Crippen LogP contribution is -2.28. The zero-order chi connectivity index (χ0) is 13.3. The molecule has 2 aromatic rings. The summed E-state index contributed by atoms with van der Waals surface area (Å²) in [6, 6.07) is 15.0. The van der Waals surface area contributed by atoms with Crippen molar-refractivity contribution < 1.29 is 0 Å². The fourth-order valence-corrected chi connectivity index (χ4v) is 2.14. The molecule has 0 bridgehead atoms. The molecule has 2 aromatic carbocycles. The molecule has 0 heterocycles. The van der Waals surface area contributed by atoms with Crippen LogP contribution in [0.1, 0.15) is 30.5 Å². The average Bonchev–Trinajstić information content (AvgIpc) is 2.32. The minimum absolute atomic E-state index is 0.278. The second-order valence-corrected chi connectivity index (χ2v) is 5.55. The van der Waals surface area contributed by atoms with Gasteiger partial charge in [-0.2, -0.15) is 0 Å². The van der Waals surface area contributed by atoms with E-state index in [0.29, 0.717) is 0 Å². The molecule has 0 fully saturated rings. The first kappa shape index (κ1) is 12.8. The third kappa shape index (κ3) is 2.46. The summed E-state index contributed by atoms with van der Waals surface area (Å²) in [6.07, 6.45) is 0. The van der Waals surface area contributed by atoms with Crippen LogP contribution >= 0.6 is 0 Å². The smallest absolute Gasteiger partial charge is 0.0352 e. The van der Waals surface area contributed by atoms with Crippen LogP contribution in [0.5, 0.6) is 0 Å². The molecular formula is C17H21N. The summed E-state index contributed by atoms with van der Waals surface area (Å²) in [4.78, 5) is 0. The van der Waals surface area contributed by atoms with Crippen molar-refractivity contribution in [3.05, 3.63) is 59.2 Å². The molecule has 0 saturated carbocycles. The van der Waals surface area contributed by atoms with Gasteiger partial charge in [0.1, 0.15) is 0 Å². The van der Waals surface area contributed by atoms with Crippen molar-refractivity contribution in [3.63, 3.8) is 0 Å². The molecular weight excluding hydrogens is 218 g/mol. The second kappa shape index (κ2) is 4.58. The van der Waals surface area contributed by atoms with Gasteiger partial charge in [-0.15, -0.1) is 0 Å². The Balaban J connectivity index is 2.44. The Kier molecular flexibility index (Phi) is 3.27. The maximum Gasteiger partial charge on any atom is 0.0352 e. The van der Waals surface area contributed by atoms with E-state index in [4.69, 9.17) is 5.73 Å². The molecule has 0 atom stereocenters. The summed E-state index contributed by atoms with van der Waals surface area (Å²) in [5.41, 5.74) is 12.2. The Morgan fingerprint density at radius 2 is 1.50 bits per heavy atom. The van der Waals surface area contributed by atoms with E-state index in [2.05, 4.69) is 56.3 Å². The zero-order valence-corrected chi connectivity index (χ0v) is 11.6. The van der Waals surface area contributed by atoms with E-state index in [9.17, 15) is 0 Å². The summed E-state index contributed by atoms with van der Waals surface area (Å²) in [5, 5.41) is 0. The predicted octanol–water partition coefficient (Wildman–Crippen LogP) is 4.16. The van der Waals surface area contributed by atoms with Gasteiger partial charge in [0.2, 0.25) is 0 Å². The number of nitrogens with two attached hydrogens (primary N) is 1. The van der Waals surface area contributed by atoms with Crippen LogP contribution in [0.15, 0.2) is 42.5 Å². The minimum Gasteiger partial charge on any atom is -0.322 e. The summed E-state index contributed by atoms with van der Waals surface area (Å²) in [5.74, 6) is 0. The van der Waals surface area contributed by atoms with Crippen molar-refractivity contribution in [2.45, 2.75) is 33.2 Å². The fourth-order valence-electron chi connectivity index (χ4n) is 2.14. The molecule has 18 heavy (non-hydrogen) atoms. The molecule has 0 unspecified atom stereocenters. The van der Waals surface area contributed by atoms with Gasteiger partial charge in [0.05, 0.1) is 0 Å². The van der Waals surface area contributed by atoms with Gasteiger partial charge >= 0.3 is 0 Å². The van der Waals surface area contributed by atoms with Crippen LogP contribution in [0.3, 0.4) is 0 Å². The van der Waals surface area contributed by atoms with Gasteiger partial charge in [-0.3, -0.25) is 0 Å². The van der Waals surface area contributed by atoms with Crippen molar-refractivity contribution in [2.75, 3.05) is 0 Å². The Labute approximate surface area is 110 Å². The molecule has 1 nitrogen and oxygen atoms in total. The first-order valence-corrected chi connectivity index (χ1v) is 6.35. The van der Waals surface area contributed by atoms with Gasteiger partial charge in [-0.1, -0.05) is 42.5 Å². The van der Waals surface area contributed by atoms with Crippen LogP contribution in [0.25, 0.3) is 11.1 Å². The van der Waals surface area contributed by atoms with Gasteiger partial charge < -0.3 is 5.73 Å². The maximum atomic E-state index is 6.10. The number of benzene rings is 2. The van der Waals surface area contributed by atoms with Crippen LogP contribution in [-0.2, 0) is 5.54 Å². The van der Waals surface area contributed by atoms with E-state index < -0.39 is 0 Å². The summed E-state index contributed by atoms with van der Waals surface area (Å²) in [7, 11) is 0. The molecule has 0 aliphatic carbocycles. The zero-order valence-electron chi connectivity index (χ0n) is 11.6. The lowest BCUT2D eigenvalue weighted by Gasteiger charge is -2.19. The standard InChI is InChI=1S/C17H21N/c1-12-6-5-7-16(13(12)2)14-8-10-15(11-9-14)17(3,4)18/h5-11H,18H2,1-4H3. The van der Waals surface area contributed by atoms with Gasteiger partial charge in [0.15, 0.2) is 0 Å². The molecule has 0 spiro atoms. The number of rotatable bonds is 2. The molecule has 2 rings (SSSR count). The van der Waals surface area contributed by atoms with Gasteiger partial charge in [-0.25, -0.2) is 0 Å². The molecule has 0 aliphatic heterocycles. The second-order valence-electron chi connectivity index (χ2n) is 5.55. The lowest BCUT2D eigenvalue weighted by atomic mass is 9.92. The third-order valence-electron chi connectivity index (χ3n) is 3.54. The molecule has 94 valence electrons. The van der Waals surface area contributed by atoms with E-state index in [1.54, 1.807) is 0 Å². The van der Waals surface area contributed by atoms with Crippen LogP contribution in [0.4, 0.5) is 0 Å². The van der Waals surface area contributed by atoms with Crippen molar-refractivity contribution in [3.8, 4) is 11.1 Å². The molecule has 0 amide bonds. The molecule has 0 radical (unpaired) electrons. The Morgan fingerprint density at radius 1 is 0.889 bits per heavy atom. The van der Waals surface area contributed by atoms with Crippen LogP contribution in [-0.4, -0.2) is 0 Å². The molecule has 2 N–H and O–H groups in total. The maximum absolute atomic E-state index is 6.10. The van der Waals surface area contributed by atoms with Crippen LogP contribution in [0, 0.1) is 13.8 Å². The Bertz CT molecular complexity index is 545. The van der Waals surface area contributed by atoms with Gasteiger partial charge in [0, 0.05) is 5.54 Å². The monoisotopic (exact) mass is 239 g/mol. The quantitative estimate of drug-likeness (QED) is 0.836. The number of aryl methyl sites for hydroxylation is 1. The molecule has 1 heteroatoms.